The Labute approximate surface area is 365 Å². The molecule has 0 bridgehead atoms. The summed E-state index contributed by atoms with van der Waals surface area (Å²) >= 11 is 0. The van der Waals surface area contributed by atoms with Crippen LogP contribution in [-0.4, -0.2) is 89.0 Å². The van der Waals surface area contributed by atoms with Gasteiger partial charge < -0.3 is 39.4 Å². The first kappa shape index (κ1) is 55.7. The lowest BCUT2D eigenvalue weighted by Crippen LogP contribution is -2.59. The summed E-state index contributed by atoms with van der Waals surface area (Å²) in [6, 6.07) is 0. The number of rotatable bonds is 40. The monoisotopic (exact) mass is 849 g/mol. The molecule has 1 aliphatic rings. The average Bonchev–Trinajstić information content (AvgIpc) is 3.25. The summed E-state index contributed by atoms with van der Waals surface area (Å²) in [5, 5.41) is 40.1. The van der Waals surface area contributed by atoms with Gasteiger partial charge in [-0.1, -0.05) is 178 Å². The third-order valence-electron chi connectivity index (χ3n) is 11.0. The predicted octanol–water partition coefficient (Wildman–Crippen LogP) is 10.8. The van der Waals surface area contributed by atoms with Gasteiger partial charge in [0.15, 0.2) is 12.4 Å². The molecule has 1 rings (SSSR count). The number of aliphatic hydroxyl groups excluding tert-OH is 4. The lowest BCUT2D eigenvalue weighted by molar-refractivity contribution is -0.305. The van der Waals surface area contributed by atoms with Gasteiger partial charge in [-0.25, -0.2) is 0 Å². The molecular formula is C50H88O10. The van der Waals surface area contributed by atoms with Gasteiger partial charge in [-0.2, -0.15) is 0 Å². The minimum Gasteiger partial charge on any atom is -0.462 e. The van der Waals surface area contributed by atoms with Crippen LogP contribution in [0.1, 0.15) is 200 Å². The van der Waals surface area contributed by atoms with Crippen LogP contribution in [0.5, 0.6) is 0 Å². The second-order valence-corrected chi connectivity index (χ2v) is 16.6. The number of allylic oxidation sites excluding steroid dienone is 8. The largest absolute Gasteiger partial charge is 0.462 e. The first-order valence-corrected chi connectivity index (χ1v) is 24.2. The van der Waals surface area contributed by atoms with E-state index in [2.05, 4.69) is 44.2 Å². The van der Waals surface area contributed by atoms with Gasteiger partial charge in [0.25, 0.3) is 0 Å². The highest BCUT2D eigenvalue weighted by atomic mass is 16.7. The first-order valence-electron chi connectivity index (χ1n) is 24.2. The predicted molar refractivity (Wildman–Crippen MR) is 242 cm³/mol. The van der Waals surface area contributed by atoms with Gasteiger partial charge >= 0.3 is 11.9 Å². The summed E-state index contributed by atoms with van der Waals surface area (Å²) in [6.07, 6.45) is 41.3. The molecule has 1 fully saturated rings. The second kappa shape index (κ2) is 40.7. The number of hydrogen-bond acceptors (Lipinski definition) is 10. The maximum atomic E-state index is 12.8. The zero-order valence-electron chi connectivity index (χ0n) is 37.9. The Morgan fingerprint density at radius 2 is 1.00 bits per heavy atom. The van der Waals surface area contributed by atoms with E-state index in [-0.39, 0.29) is 32.0 Å². The molecular weight excluding hydrogens is 761 g/mol. The van der Waals surface area contributed by atoms with E-state index < -0.39 is 49.4 Å². The zero-order valence-corrected chi connectivity index (χ0v) is 37.9. The molecule has 1 aliphatic heterocycles. The smallest absolute Gasteiger partial charge is 0.306 e. The van der Waals surface area contributed by atoms with E-state index in [9.17, 15) is 30.0 Å². The van der Waals surface area contributed by atoms with Crippen molar-refractivity contribution in [1.82, 2.24) is 0 Å². The van der Waals surface area contributed by atoms with Gasteiger partial charge in [0.1, 0.15) is 31.0 Å². The van der Waals surface area contributed by atoms with Gasteiger partial charge in [0.05, 0.1) is 13.2 Å². The van der Waals surface area contributed by atoms with E-state index in [0.29, 0.717) is 6.42 Å². The number of hydrogen-bond donors (Lipinski definition) is 4. The lowest BCUT2D eigenvalue weighted by Gasteiger charge is -2.39. The van der Waals surface area contributed by atoms with Crippen molar-refractivity contribution >= 4 is 11.9 Å². The van der Waals surface area contributed by atoms with E-state index in [0.717, 1.165) is 70.6 Å². The summed E-state index contributed by atoms with van der Waals surface area (Å²) in [5.41, 5.74) is 0. The number of esters is 2. The fraction of sp³-hybridized carbons (Fsp3) is 0.800. The fourth-order valence-electron chi connectivity index (χ4n) is 7.18. The average molecular weight is 849 g/mol. The van der Waals surface area contributed by atoms with E-state index in [1.165, 1.54) is 96.3 Å². The third kappa shape index (κ3) is 31.5. The molecule has 1 heterocycles. The zero-order chi connectivity index (χ0) is 43.7. The minimum atomic E-state index is -1.60. The van der Waals surface area contributed by atoms with Crippen LogP contribution < -0.4 is 0 Å². The summed E-state index contributed by atoms with van der Waals surface area (Å²) < 4.78 is 22.2. The van der Waals surface area contributed by atoms with E-state index >= 15 is 0 Å². The Balaban J connectivity index is 2.26. The molecule has 6 atom stereocenters. The lowest BCUT2D eigenvalue weighted by atomic mass is 9.99. The Morgan fingerprint density at radius 1 is 0.533 bits per heavy atom. The standard InChI is InChI=1S/C50H88O10/c1-3-5-7-9-11-13-15-17-18-19-20-21-22-23-24-25-27-28-30-32-34-36-38-45(52)57-41-43(42-58-50-49(56)48(55)47(54)44(40-51)60-50)59-46(53)39-37-35-33-31-29-26-16-14-12-10-8-6-4-2/h6,8,10,12,14,16,22-23,43-44,47-51,54-56H,3-5,7,9,11,13,15,17-21,24-42H2,1-2H3/b8-6+,12-10+,16-14+,23-22+/t43?,44-,47+,48?,49?,50-/m0/s1. The Morgan fingerprint density at radius 3 is 1.52 bits per heavy atom. The van der Waals surface area contributed by atoms with Gasteiger partial charge in [-0.3, -0.25) is 9.59 Å². The molecule has 348 valence electrons. The third-order valence-corrected chi connectivity index (χ3v) is 11.0. The van der Waals surface area contributed by atoms with Crippen LogP contribution in [0.3, 0.4) is 0 Å². The molecule has 0 aromatic carbocycles. The quantitative estimate of drug-likeness (QED) is 0.0203. The van der Waals surface area contributed by atoms with Crippen LogP contribution in [0.2, 0.25) is 0 Å². The van der Waals surface area contributed by atoms with Gasteiger partial charge in [0, 0.05) is 12.8 Å². The molecule has 60 heavy (non-hydrogen) atoms. The fourth-order valence-corrected chi connectivity index (χ4v) is 7.18. The Bertz CT molecular complexity index is 1120. The van der Waals surface area contributed by atoms with Crippen LogP contribution in [-0.2, 0) is 28.5 Å². The molecule has 4 N–H and O–H groups in total. The van der Waals surface area contributed by atoms with E-state index in [1.54, 1.807) is 0 Å². The molecule has 3 unspecified atom stereocenters. The van der Waals surface area contributed by atoms with Crippen molar-refractivity contribution in [2.24, 2.45) is 0 Å². The molecule has 0 aromatic rings. The van der Waals surface area contributed by atoms with Crippen LogP contribution in [0, 0.1) is 0 Å². The number of aliphatic hydroxyl groups is 4. The van der Waals surface area contributed by atoms with Crippen molar-refractivity contribution in [2.75, 3.05) is 19.8 Å². The molecule has 0 saturated carbocycles. The number of ether oxygens (including phenoxy) is 4. The molecule has 0 aromatic heterocycles. The highest BCUT2D eigenvalue weighted by molar-refractivity contribution is 5.70. The summed E-state index contributed by atoms with van der Waals surface area (Å²) in [4.78, 5) is 25.4. The van der Waals surface area contributed by atoms with Crippen LogP contribution in [0.25, 0.3) is 0 Å². The van der Waals surface area contributed by atoms with Crippen molar-refractivity contribution in [3.63, 3.8) is 0 Å². The first-order chi connectivity index (χ1) is 29.3. The van der Waals surface area contributed by atoms with E-state index in [1.807, 2.05) is 18.2 Å². The normalized spacial score (nSPS) is 20.3. The molecule has 10 heteroatoms. The van der Waals surface area contributed by atoms with Crippen molar-refractivity contribution in [2.45, 2.75) is 237 Å². The second-order valence-electron chi connectivity index (χ2n) is 16.6. The van der Waals surface area contributed by atoms with Gasteiger partial charge in [0.2, 0.25) is 0 Å². The molecule has 0 aliphatic carbocycles. The van der Waals surface area contributed by atoms with Crippen LogP contribution in [0.15, 0.2) is 48.6 Å². The highest BCUT2D eigenvalue weighted by Crippen LogP contribution is 2.23. The van der Waals surface area contributed by atoms with Crippen LogP contribution in [0.4, 0.5) is 0 Å². The van der Waals surface area contributed by atoms with Crippen molar-refractivity contribution < 1.29 is 49.0 Å². The summed E-state index contributed by atoms with van der Waals surface area (Å²) in [6.45, 7) is 3.27. The number of carbonyl (C=O) groups is 2. The molecule has 10 nitrogen and oxygen atoms in total. The van der Waals surface area contributed by atoms with E-state index in [4.69, 9.17) is 18.9 Å². The van der Waals surface area contributed by atoms with Crippen molar-refractivity contribution in [3.05, 3.63) is 48.6 Å². The highest BCUT2D eigenvalue weighted by Gasteiger charge is 2.44. The minimum absolute atomic E-state index is 0.205. The Hall–Kier alpha value is -2.34. The van der Waals surface area contributed by atoms with Gasteiger partial charge in [-0.05, 0) is 57.8 Å². The molecule has 0 amide bonds. The summed E-state index contributed by atoms with van der Waals surface area (Å²) in [7, 11) is 0. The maximum absolute atomic E-state index is 12.8. The summed E-state index contributed by atoms with van der Waals surface area (Å²) in [5.74, 6) is -0.834. The maximum Gasteiger partial charge on any atom is 0.306 e. The number of carbonyl (C=O) groups excluding carboxylic acids is 2. The molecule has 0 spiro atoms. The topological polar surface area (TPSA) is 152 Å². The van der Waals surface area contributed by atoms with Crippen molar-refractivity contribution in [1.29, 1.82) is 0 Å². The SMILES string of the molecule is CC/C=C/C=C/C=C/CCCCCCCC(=O)OC(COC(=O)CCCCCCCCC/C=C/CCCCCCCCCCCCC)CO[C@H]1O[C@@H](CO)[C@@H](O)C(O)C1O. The van der Waals surface area contributed by atoms with Crippen molar-refractivity contribution in [3.8, 4) is 0 Å². The van der Waals surface area contributed by atoms with Gasteiger partial charge in [-0.15, -0.1) is 0 Å². The number of unbranched alkanes of at least 4 members (excludes halogenated alkanes) is 23. The molecule has 1 saturated heterocycles. The molecule has 0 radical (unpaired) electrons. The van der Waals surface area contributed by atoms with Crippen LogP contribution >= 0.6 is 0 Å². The Kier molecular flexibility index (Phi) is 37.8.